The molecule has 3 nitrogen and oxygen atoms in total. The molecule has 2 rings (SSSR count). The van der Waals surface area contributed by atoms with Crippen LogP contribution in [0.1, 0.15) is 38.8 Å². The molecule has 1 N–H and O–H groups in total. The molecule has 2 atom stereocenters. The number of ether oxygens (including phenoxy) is 2. The Labute approximate surface area is 109 Å². The molecule has 18 heavy (non-hydrogen) atoms. The highest BCUT2D eigenvalue weighted by atomic mass is 16.5. The van der Waals surface area contributed by atoms with Gasteiger partial charge in [0.2, 0.25) is 0 Å². The van der Waals surface area contributed by atoms with E-state index in [0.29, 0.717) is 12.0 Å². The van der Waals surface area contributed by atoms with Crippen molar-refractivity contribution in [2.45, 2.75) is 33.2 Å². The molecule has 0 radical (unpaired) electrons. The summed E-state index contributed by atoms with van der Waals surface area (Å²) >= 11 is 0. The van der Waals surface area contributed by atoms with Crippen LogP contribution in [-0.2, 0) is 0 Å². The van der Waals surface area contributed by atoms with Crippen molar-refractivity contribution in [3.05, 3.63) is 23.8 Å². The standard InChI is InChI=1S/C15H23NO2/c1-4-11(3)9-17-12-6-7-13-14(16-5-2)10-18-15(13)8-12/h6-8,11,14,16H,4-5,9-10H2,1-3H3. The summed E-state index contributed by atoms with van der Waals surface area (Å²) in [7, 11) is 0. The first kappa shape index (κ1) is 13.2. The van der Waals surface area contributed by atoms with Crippen LogP contribution in [0.15, 0.2) is 18.2 Å². The van der Waals surface area contributed by atoms with Crippen LogP contribution in [-0.4, -0.2) is 19.8 Å². The number of rotatable bonds is 6. The number of hydrogen-bond donors (Lipinski definition) is 1. The maximum atomic E-state index is 5.78. The van der Waals surface area contributed by atoms with Gasteiger partial charge in [0.05, 0.1) is 12.6 Å². The van der Waals surface area contributed by atoms with Crippen molar-refractivity contribution in [3.8, 4) is 11.5 Å². The number of hydrogen-bond acceptors (Lipinski definition) is 3. The first-order valence-electron chi connectivity index (χ1n) is 6.87. The summed E-state index contributed by atoms with van der Waals surface area (Å²) in [6.45, 7) is 8.94. The van der Waals surface area contributed by atoms with Gasteiger partial charge in [-0.1, -0.05) is 27.2 Å². The highest BCUT2D eigenvalue weighted by molar-refractivity contribution is 5.45. The number of fused-ring (bicyclic) bond motifs is 1. The van der Waals surface area contributed by atoms with Gasteiger partial charge in [-0.25, -0.2) is 0 Å². The average Bonchev–Trinajstić information content (AvgIpc) is 2.79. The predicted octanol–water partition coefficient (Wildman–Crippen LogP) is 3.15. The minimum Gasteiger partial charge on any atom is -0.493 e. The second-order valence-corrected chi connectivity index (χ2v) is 4.95. The minimum atomic E-state index is 0.327. The van der Waals surface area contributed by atoms with Crippen molar-refractivity contribution in [2.75, 3.05) is 19.8 Å². The van der Waals surface area contributed by atoms with E-state index in [0.717, 1.165) is 37.7 Å². The van der Waals surface area contributed by atoms with E-state index in [2.05, 4.69) is 32.2 Å². The second kappa shape index (κ2) is 6.10. The van der Waals surface area contributed by atoms with Crippen LogP contribution in [0, 0.1) is 5.92 Å². The Bertz CT molecular complexity index is 392. The molecule has 0 fully saturated rings. The third kappa shape index (κ3) is 2.96. The predicted molar refractivity (Wildman–Crippen MR) is 73.3 cm³/mol. The van der Waals surface area contributed by atoms with Gasteiger partial charge in [0.25, 0.3) is 0 Å². The Hall–Kier alpha value is -1.22. The molecule has 0 aliphatic carbocycles. The van der Waals surface area contributed by atoms with Crippen molar-refractivity contribution in [1.29, 1.82) is 0 Å². The zero-order valence-corrected chi connectivity index (χ0v) is 11.5. The molecule has 0 saturated heterocycles. The van der Waals surface area contributed by atoms with Gasteiger partial charge in [0.15, 0.2) is 0 Å². The van der Waals surface area contributed by atoms with Gasteiger partial charge in [-0.15, -0.1) is 0 Å². The Morgan fingerprint density at radius 1 is 1.44 bits per heavy atom. The fraction of sp³-hybridized carbons (Fsp3) is 0.600. The molecule has 0 bridgehead atoms. The lowest BCUT2D eigenvalue weighted by molar-refractivity contribution is 0.255. The lowest BCUT2D eigenvalue weighted by Crippen LogP contribution is -2.21. The summed E-state index contributed by atoms with van der Waals surface area (Å²) in [5, 5.41) is 3.41. The van der Waals surface area contributed by atoms with Crippen molar-refractivity contribution in [2.24, 2.45) is 5.92 Å². The Kier molecular flexibility index (Phi) is 4.48. The van der Waals surface area contributed by atoms with E-state index in [1.54, 1.807) is 0 Å². The molecule has 0 aromatic heterocycles. The van der Waals surface area contributed by atoms with Crippen LogP contribution >= 0.6 is 0 Å². The maximum absolute atomic E-state index is 5.78. The van der Waals surface area contributed by atoms with Crippen LogP contribution in [0.25, 0.3) is 0 Å². The summed E-state index contributed by atoms with van der Waals surface area (Å²) in [5.74, 6) is 2.46. The molecule has 1 aromatic rings. The highest BCUT2D eigenvalue weighted by Gasteiger charge is 2.23. The first-order valence-corrected chi connectivity index (χ1v) is 6.87. The van der Waals surface area contributed by atoms with Crippen molar-refractivity contribution >= 4 is 0 Å². The molecule has 1 aromatic carbocycles. The van der Waals surface area contributed by atoms with E-state index in [4.69, 9.17) is 9.47 Å². The van der Waals surface area contributed by atoms with Crippen LogP contribution < -0.4 is 14.8 Å². The molecule has 1 heterocycles. The van der Waals surface area contributed by atoms with Crippen molar-refractivity contribution in [1.82, 2.24) is 5.32 Å². The smallest absolute Gasteiger partial charge is 0.127 e. The molecule has 1 aliphatic rings. The van der Waals surface area contributed by atoms with Gasteiger partial charge >= 0.3 is 0 Å². The maximum Gasteiger partial charge on any atom is 0.127 e. The van der Waals surface area contributed by atoms with Gasteiger partial charge in [-0.2, -0.15) is 0 Å². The zero-order chi connectivity index (χ0) is 13.0. The van der Waals surface area contributed by atoms with Crippen LogP contribution in [0.3, 0.4) is 0 Å². The normalized spacial score (nSPS) is 19.2. The summed E-state index contributed by atoms with van der Waals surface area (Å²) in [5.41, 5.74) is 1.24. The molecule has 2 unspecified atom stereocenters. The molecule has 0 saturated carbocycles. The summed E-state index contributed by atoms with van der Waals surface area (Å²) < 4.78 is 11.5. The zero-order valence-electron chi connectivity index (χ0n) is 11.5. The molecular formula is C15H23NO2. The molecule has 0 amide bonds. The highest BCUT2D eigenvalue weighted by Crippen LogP contribution is 2.35. The molecule has 1 aliphatic heterocycles. The topological polar surface area (TPSA) is 30.5 Å². The number of benzene rings is 1. The fourth-order valence-corrected chi connectivity index (χ4v) is 2.05. The SMILES string of the molecule is CCNC1COc2cc(OCC(C)CC)ccc21. The van der Waals surface area contributed by atoms with Crippen molar-refractivity contribution < 1.29 is 9.47 Å². The Balaban J connectivity index is 2.00. The molecular weight excluding hydrogens is 226 g/mol. The van der Waals surface area contributed by atoms with Crippen molar-refractivity contribution in [3.63, 3.8) is 0 Å². The van der Waals surface area contributed by atoms with Crippen LogP contribution in [0.2, 0.25) is 0 Å². The lowest BCUT2D eigenvalue weighted by atomic mass is 10.1. The Morgan fingerprint density at radius 2 is 2.28 bits per heavy atom. The molecule has 100 valence electrons. The van der Waals surface area contributed by atoms with Gasteiger partial charge in [0.1, 0.15) is 18.1 Å². The van der Waals surface area contributed by atoms with E-state index < -0.39 is 0 Å². The first-order chi connectivity index (χ1) is 8.74. The lowest BCUT2D eigenvalue weighted by Gasteiger charge is -2.12. The monoisotopic (exact) mass is 249 g/mol. The minimum absolute atomic E-state index is 0.327. The van der Waals surface area contributed by atoms with Gasteiger partial charge < -0.3 is 14.8 Å². The summed E-state index contributed by atoms with van der Waals surface area (Å²) in [6.07, 6.45) is 1.14. The average molecular weight is 249 g/mol. The largest absolute Gasteiger partial charge is 0.493 e. The van der Waals surface area contributed by atoms with Gasteiger partial charge in [-0.3, -0.25) is 0 Å². The summed E-state index contributed by atoms with van der Waals surface area (Å²) in [6, 6.07) is 6.49. The van der Waals surface area contributed by atoms with Crippen LogP contribution in [0.4, 0.5) is 0 Å². The third-order valence-electron chi connectivity index (χ3n) is 3.45. The van der Waals surface area contributed by atoms with E-state index >= 15 is 0 Å². The van der Waals surface area contributed by atoms with E-state index in [1.165, 1.54) is 5.56 Å². The fourth-order valence-electron chi connectivity index (χ4n) is 2.05. The van der Waals surface area contributed by atoms with E-state index in [1.807, 2.05) is 12.1 Å². The summed E-state index contributed by atoms with van der Waals surface area (Å²) in [4.78, 5) is 0. The molecule has 3 heteroatoms. The molecule has 0 spiro atoms. The van der Waals surface area contributed by atoms with Gasteiger partial charge in [0, 0.05) is 11.6 Å². The number of likely N-dealkylation sites (N-methyl/N-ethyl adjacent to an activating group) is 1. The second-order valence-electron chi connectivity index (χ2n) is 4.95. The van der Waals surface area contributed by atoms with E-state index in [9.17, 15) is 0 Å². The Morgan fingerprint density at radius 3 is 3.00 bits per heavy atom. The quantitative estimate of drug-likeness (QED) is 0.840. The van der Waals surface area contributed by atoms with Crippen LogP contribution in [0.5, 0.6) is 11.5 Å². The third-order valence-corrected chi connectivity index (χ3v) is 3.45. The van der Waals surface area contributed by atoms with Gasteiger partial charge in [-0.05, 0) is 24.6 Å². The number of nitrogens with one attached hydrogen (secondary N) is 1. The van der Waals surface area contributed by atoms with E-state index in [-0.39, 0.29) is 0 Å².